The molecule has 0 aliphatic heterocycles. The van der Waals surface area contributed by atoms with Crippen molar-refractivity contribution in [1.29, 1.82) is 0 Å². The molecule has 3 aromatic carbocycles. The predicted octanol–water partition coefficient (Wildman–Crippen LogP) is 5.87. The van der Waals surface area contributed by atoms with E-state index < -0.39 is 0 Å². The zero-order valence-electron chi connectivity index (χ0n) is 12.6. The molecule has 1 nitrogen and oxygen atoms in total. The lowest BCUT2D eigenvalue weighted by molar-refractivity contribution is 0.617. The standard InChI is InChI=1S/C22H15O/c1-2-8-15(9-3-1)21-17-11-5-6-12-18(17)22-19(21)14-16-10-4-7-13-20(16)23-22/h1-14,21H/q+1. The summed E-state index contributed by atoms with van der Waals surface area (Å²) in [6.07, 6.45) is 0. The van der Waals surface area contributed by atoms with Crippen molar-refractivity contribution >= 4 is 11.0 Å². The van der Waals surface area contributed by atoms with Gasteiger partial charge in [0.2, 0.25) is 0 Å². The van der Waals surface area contributed by atoms with Crippen LogP contribution in [0.1, 0.15) is 22.6 Å². The summed E-state index contributed by atoms with van der Waals surface area (Å²) in [5, 5.41) is 1.15. The summed E-state index contributed by atoms with van der Waals surface area (Å²) in [4.78, 5) is 0. The second kappa shape index (κ2) is 4.79. The topological polar surface area (TPSA) is 11.3 Å². The first-order chi connectivity index (χ1) is 11.4. The fourth-order valence-electron chi connectivity index (χ4n) is 3.65. The lowest BCUT2D eigenvalue weighted by atomic mass is 9.89. The minimum atomic E-state index is 0.246. The van der Waals surface area contributed by atoms with Crippen molar-refractivity contribution in [3.05, 3.63) is 102 Å². The molecule has 0 fully saturated rings. The Morgan fingerprint density at radius 2 is 1.39 bits per heavy atom. The van der Waals surface area contributed by atoms with Crippen molar-refractivity contribution in [2.45, 2.75) is 5.92 Å². The first-order valence-corrected chi connectivity index (χ1v) is 7.92. The summed E-state index contributed by atoms with van der Waals surface area (Å²) in [5.74, 6) is 1.25. The Hall–Kier alpha value is -2.93. The molecule has 0 saturated heterocycles. The smallest absolute Gasteiger partial charge is 0.206 e. The summed E-state index contributed by atoms with van der Waals surface area (Å²) in [7, 11) is 0. The van der Waals surface area contributed by atoms with Crippen LogP contribution in [0.15, 0.2) is 89.3 Å². The summed E-state index contributed by atoms with van der Waals surface area (Å²) >= 11 is 0. The van der Waals surface area contributed by atoms with E-state index in [1.54, 1.807) is 0 Å². The van der Waals surface area contributed by atoms with Gasteiger partial charge in [0.05, 0.1) is 16.5 Å². The lowest BCUT2D eigenvalue weighted by Gasteiger charge is -2.12. The maximum Gasteiger partial charge on any atom is 0.365 e. The maximum absolute atomic E-state index is 6.28. The lowest BCUT2D eigenvalue weighted by Crippen LogP contribution is -1.98. The van der Waals surface area contributed by atoms with Crippen LogP contribution in [-0.2, 0) is 0 Å². The Bertz CT molecular complexity index is 1020. The van der Waals surface area contributed by atoms with Crippen molar-refractivity contribution in [2.24, 2.45) is 0 Å². The second-order valence-electron chi connectivity index (χ2n) is 6.00. The Labute approximate surface area is 134 Å². The molecule has 1 aromatic heterocycles. The van der Waals surface area contributed by atoms with E-state index in [9.17, 15) is 0 Å². The second-order valence-corrected chi connectivity index (χ2v) is 6.00. The van der Waals surface area contributed by atoms with Gasteiger partial charge in [-0.25, -0.2) is 4.42 Å². The van der Waals surface area contributed by atoms with E-state index >= 15 is 0 Å². The molecule has 108 valence electrons. The van der Waals surface area contributed by atoms with Crippen LogP contribution >= 0.6 is 0 Å². The minimum absolute atomic E-state index is 0.246. The average molecular weight is 295 g/mol. The Morgan fingerprint density at radius 1 is 0.652 bits per heavy atom. The molecule has 0 N–H and O–H groups in total. The van der Waals surface area contributed by atoms with E-state index in [0.29, 0.717) is 0 Å². The number of hydrogen-bond acceptors (Lipinski definition) is 0. The van der Waals surface area contributed by atoms with Gasteiger partial charge in [0.15, 0.2) is 0 Å². The summed E-state index contributed by atoms with van der Waals surface area (Å²) < 4.78 is 6.28. The average Bonchev–Trinajstić information content (AvgIpc) is 2.94. The van der Waals surface area contributed by atoms with E-state index in [2.05, 4.69) is 72.8 Å². The molecule has 1 unspecified atom stereocenters. The Balaban J connectivity index is 1.86. The molecule has 4 aromatic rings. The van der Waals surface area contributed by atoms with Crippen molar-refractivity contribution in [3.63, 3.8) is 0 Å². The normalized spacial score (nSPS) is 15.4. The first-order valence-electron chi connectivity index (χ1n) is 7.92. The third-order valence-electron chi connectivity index (χ3n) is 4.66. The van der Waals surface area contributed by atoms with Crippen LogP contribution in [0.25, 0.3) is 22.3 Å². The van der Waals surface area contributed by atoms with Gasteiger partial charge in [0, 0.05) is 12.0 Å². The number of fused-ring (bicyclic) bond motifs is 4. The summed E-state index contributed by atoms with van der Waals surface area (Å²) in [5.41, 5.74) is 6.05. The van der Waals surface area contributed by atoms with Crippen LogP contribution in [0.2, 0.25) is 0 Å². The third-order valence-corrected chi connectivity index (χ3v) is 4.66. The molecule has 0 radical (unpaired) electrons. The molecule has 1 heteroatoms. The number of hydrogen-bond donors (Lipinski definition) is 0. The third kappa shape index (κ3) is 1.83. The molecule has 5 rings (SSSR count). The zero-order valence-corrected chi connectivity index (χ0v) is 12.6. The Kier molecular flexibility index (Phi) is 2.62. The van der Waals surface area contributed by atoms with Crippen LogP contribution in [-0.4, -0.2) is 0 Å². The zero-order chi connectivity index (χ0) is 15.2. The summed E-state index contributed by atoms with van der Waals surface area (Å²) in [6.45, 7) is 0. The molecule has 0 bridgehead atoms. The van der Waals surface area contributed by atoms with Gasteiger partial charge in [-0.15, -0.1) is 0 Å². The molecule has 0 amide bonds. The monoisotopic (exact) mass is 295 g/mol. The van der Waals surface area contributed by atoms with Crippen LogP contribution in [0.5, 0.6) is 0 Å². The molecular weight excluding hydrogens is 280 g/mol. The SMILES string of the molecule is c1ccc(C2c3ccccc3-c3[o+]c4ccccc4cc32)cc1. The minimum Gasteiger partial charge on any atom is -0.206 e. The van der Waals surface area contributed by atoms with Crippen molar-refractivity contribution < 1.29 is 4.42 Å². The molecule has 1 heterocycles. The van der Waals surface area contributed by atoms with Gasteiger partial charge in [0.25, 0.3) is 0 Å². The quantitative estimate of drug-likeness (QED) is 0.352. The van der Waals surface area contributed by atoms with E-state index in [1.165, 1.54) is 22.3 Å². The fraction of sp³-hybridized carbons (Fsp3) is 0.0455. The molecular formula is C22H15O+. The highest BCUT2D eigenvalue weighted by Crippen LogP contribution is 2.48. The highest BCUT2D eigenvalue weighted by atomic mass is 16.3. The predicted molar refractivity (Wildman–Crippen MR) is 93.4 cm³/mol. The maximum atomic E-state index is 6.28. The van der Waals surface area contributed by atoms with E-state index in [1.807, 2.05) is 12.1 Å². The van der Waals surface area contributed by atoms with Gasteiger partial charge < -0.3 is 0 Å². The van der Waals surface area contributed by atoms with Gasteiger partial charge in [-0.05, 0) is 29.3 Å². The number of para-hydroxylation sites is 1. The van der Waals surface area contributed by atoms with Gasteiger partial charge in [-0.2, -0.15) is 0 Å². The summed E-state index contributed by atoms with van der Waals surface area (Å²) in [6, 6.07) is 29.8. The van der Waals surface area contributed by atoms with Gasteiger partial charge in [0.1, 0.15) is 0 Å². The van der Waals surface area contributed by atoms with Crippen molar-refractivity contribution in [3.8, 4) is 11.3 Å². The molecule has 1 aliphatic carbocycles. The van der Waals surface area contributed by atoms with Gasteiger partial charge in [-0.3, -0.25) is 0 Å². The highest BCUT2D eigenvalue weighted by Gasteiger charge is 2.38. The van der Waals surface area contributed by atoms with Gasteiger partial charge >= 0.3 is 11.3 Å². The molecule has 0 spiro atoms. The largest absolute Gasteiger partial charge is 0.365 e. The Morgan fingerprint density at radius 3 is 2.30 bits per heavy atom. The van der Waals surface area contributed by atoms with Crippen molar-refractivity contribution in [2.75, 3.05) is 0 Å². The fourth-order valence-corrected chi connectivity index (χ4v) is 3.65. The number of benzene rings is 3. The van der Waals surface area contributed by atoms with Gasteiger partial charge in [-0.1, -0.05) is 60.7 Å². The van der Waals surface area contributed by atoms with Crippen LogP contribution in [0, 0.1) is 0 Å². The van der Waals surface area contributed by atoms with E-state index in [-0.39, 0.29) is 5.92 Å². The highest BCUT2D eigenvalue weighted by molar-refractivity contribution is 5.85. The van der Waals surface area contributed by atoms with E-state index in [0.717, 1.165) is 16.7 Å². The molecule has 23 heavy (non-hydrogen) atoms. The number of rotatable bonds is 1. The molecule has 1 atom stereocenters. The van der Waals surface area contributed by atoms with Crippen LogP contribution in [0.4, 0.5) is 0 Å². The van der Waals surface area contributed by atoms with Crippen LogP contribution in [0.3, 0.4) is 0 Å². The van der Waals surface area contributed by atoms with Crippen LogP contribution < -0.4 is 0 Å². The molecule has 0 saturated carbocycles. The van der Waals surface area contributed by atoms with E-state index in [4.69, 9.17) is 4.42 Å². The van der Waals surface area contributed by atoms with Crippen molar-refractivity contribution in [1.82, 2.24) is 0 Å². The molecule has 1 aliphatic rings. The first kappa shape index (κ1) is 12.6.